The molecule has 1 unspecified atom stereocenters. The topological polar surface area (TPSA) is 84.7 Å². The molecule has 0 radical (unpaired) electrons. The number of aromatic nitrogens is 1. The van der Waals surface area contributed by atoms with Crippen molar-refractivity contribution in [3.8, 4) is 0 Å². The van der Waals surface area contributed by atoms with E-state index in [1.807, 2.05) is 19.1 Å². The van der Waals surface area contributed by atoms with Gasteiger partial charge in [0.25, 0.3) is 0 Å². The molecule has 0 bridgehead atoms. The number of pyridine rings is 1. The predicted molar refractivity (Wildman–Crippen MR) is 110 cm³/mol. The predicted octanol–water partition coefficient (Wildman–Crippen LogP) is 3.47. The second-order valence-electron chi connectivity index (χ2n) is 7.38. The highest BCUT2D eigenvalue weighted by Crippen LogP contribution is 2.27. The number of rotatable bonds is 8. The minimum atomic E-state index is -0.342. The zero-order valence-electron chi connectivity index (χ0n) is 17.1. The van der Waals surface area contributed by atoms with Crippen LogP contribution in [0.3, 0.4) is 0 Å². The van der Waals surface area contributed by atoms with E-state index in [1.165, 1.54) is 0 Å². The fourth-order valence-electron chi connectivity index (χ4n) is 3.70. The van der Waals surface area contributed by atoms with Crippen molar-refractivity contribution in [2.24, 2.45) is 5.92 Å². The summed E-state index contributed by atoms with van der Waals surface area (Å²) < 4.78 is 10.6. The summed E-state index contributed by atoms with van der Waals surface area (Å²) in [6, 6.07) is 7.28. The van der Waals surface area contributed by atoms with Crippen LogP contribution in [0, 0.1) is 12.8 Å². The van der Waals surface area contributed by atoms with Gasteiger partial charge in [-0.2, -0.15) is 0 Å². The van der Waals surface area contributed by atoms with E-state index in [-0.39, 0.29) is 11.9 Å². The molecule has 7 heteroatoms. The third kappa shape index (κ3) is 5.82. The first-order chi connectivity index (χ1) is 14.1. The number of amides is 1. The van der Waals surface area contributed by atoms with Gasteiger partial charge in [0.2, 0.25) is 5.91 Å². The fraction of sp³-hybridized carbons (Fsp3) is 0.500. The van der Waals surface area contributed by atoms with Crippen LogP contribution >= 0.6 is 0 Å². The summed E-state index contributed by atoms with van der Waals surface area (Å²) in [5.41, 5.74) is 0.501. The highest BCUT2D eigenvalue weighted by Gasteiger charge is 2.25. The van der Waals surface area contributed by atoms with Crippen molar-refractivity contribution in [3.63, 3.8) is 0 Å². The summed E-state index contributed by atoms with van der Waals surface area (Å²) in [7, 11) is 0. The molecule has 1 fully saturated rings. The lowest BCUT2D eigenvalue weighted by molar-refractivity contribution is -0.121. The standard InChI is InChI=1S/C22H29N3O4/c1-3-28-22(27)19-7-4-12-23-21(19)25-13-5-6-17(15-25)9-11-20(26)24-14-18-10-8-16(2)29-18/h4,7-8,10,12,17H,3,5-6,9,11,13-15H2,1-2H3,(H,24,26). The Kier molecular flexibility index (Phi) is 7.27. The zero-order chi connectivity index (χ0) is 20.6. The molecule has 3 rings (SSSR count). The van der Waals surface area contributed by atoms with Crippen LogP contribution in [0.2, 0.25) is 0 Å². The monoisotopic (exact) mass is 399 g/mol. The number of ether oxygens (including phenoxy) is 1. The number of esters is 1. The quantitative estimate of drug-likeness (QED) is 0.684. The van der Waals surface area contributed by atoms with E-state index in [1.54, 1.807) is 25.3 Å². The lowest BCUT2D eigenvalue weighted by atomic mass is 9.93. The summed E-state index contributed by atoms with van der Waals surface area (Å²) in [4.78, 5) is 31.0. The Morgan fingerprint density at radius 1 is 1.34 bits per heavy atom. The Labute approximate surface area is 171 Å². The van der Waals surface area contributed by atoms with Crippen LogP contribution < -0.4 is 10.2 Å². The minimum absolute atomic E-state index is 0.0289. The number of hydrogen-bond acceptors (Lipinski definition) is 6. The first kappa shape index (κ1) is 20.9. The second-order valence-corrected chi connectivity index (χ2v) is 7.38. The van der Waals surface area contributed by atoms with Gasteiger partial charge in [0.1, 0.15) is 22.9 Å². The lowest BCUT2D eigenvalue weighted by Gasteiger charge is -2.34. The van der Waals surface area contributed by atoms with Gasteiger partial charge >= 0.3 is 5.97 Å². The van der Waals surface area contributed by atoms with Gasteiger partial charge < -0.3 is 19.4 Å². The first-order valence-corrected chi connectivity index (χ1v) is 10.3. The van der Waals surface area contributed by atoms with E-state index in [0.29, 0.717) is 36.9 Å². The number of piperidine rings is 1. The molecule has 0 aliphatic carbocycles. The Bertz CT molecular complexity index is 833. The number of carbonyl (C=O) groups is 2. The van der Waals surface area contributed by atoms with Gasteiger partial charge in [-0.1, -0.05) is 0 Å². The number of hydrogen-bond donors (Lipinski definition) is 1. The van der Waals surface area contributed by atoms with Crippen LogP contribution in [0.25, 0.3) is 0 Å². The molecular weight excluding hydrogens is 370 g/mol. The van der Waals surface area contributed by atoms with E-state index in [9.17, 15) is 9.59 Å². The molecule has 1 saturated heterocycles. The molecule has 1 amide bonds. The van der Waals surface area contributed by atoms with Gasteiger partial charge in [-0.15, -0.1) is 0 Å². The molecule has 0 saturated carbocycles. The molecule has 156 valence electrons. The normalized spacial score (nSPS) is 16.5. The van der Waals surface area contributed by atoms with Crippen LogP contribution in [0.4, 0.5) is 5.82 Å². The van der Waals surface area contributed by atoms with E-state index in [0.717, 1.165) is 43.9 Å². The van der Waals surface area contributed by atoms with Crippen LogP contribution in [-0.4, -0.2) is 36.6 Å². The van der Waals surface area contributed by atoms with Crippen LogP contribution in [0.15, 0.2) is 34.9 Å². The van der Waals surface area contributed by atoms with Crippen LogP contribution in [0.5, 0.6) is 0 Å². The molecule has 2 aromatic heterocycles. The van der Waals surface area contributed by atoms with E-state index < -0.39 is 0 Å². The van der Waals surface area contributed by atoms with Gasteiger partial charge in [-0.25, -0.2) is 9.78 Å². The molecule has 1 atom stereocenters. The molecule has 3 heterocycles. The van der Waals surface area contributed by atoms with Crippen molar-refractivity contribution in [2.75, 3.05) is 24.6 Å². The highest BCUT2D eigenvalue weighted by molar-refractivity contribution is 5.94. The number of furan rings is 1. The van der Waals surface area contributed by atoms with Crippen molar-refractivity contribution < 1.29 is 18.7 Å². The van der Waals surface area contributed by atoms with Crippen LogP contribution in [0.1, 0.15) is 54.5 Å². The molecule has 0 spiro atoms. The van der Waals surface area contributed by atoms with Crippen LogP contribution in [-0.2, 0) is 16.1 Å². The number of nitrogens with zero attached hydrogens (tertiary/aromatic N) is 2. The Hall–Kier alpha value is -2.83. The third-order valence-electron chi connectivity index (χ3n) is 5.14. The Balaban J connectivity index is 1.52. The molecule has 1 aliphatic rings. The molecule has 1 N–H and O–H groups in total. The molecule has 1 aliphatic heterocycles. The molecule has 29 heavy (non-hydrogen) atoms. The summed E-state index contributed by atoms with van der Waals surface area (Å²) in [5, 5.41) is 2.91. The summed E-state index contributed by atoms with van der Waals surface area (Å²) in [6.45, 7) is 6.07. The van der Waals surface area contributed by atoms with Crippen molar-refractivity contribution in [1.82, 2.24) is 10.3 Å². The highest BCUT2D eigenvalue weighted by atomic mass is 16.5. The maximum absolute atomic E-state index is 12.2. The van der Waals surface area contributed by atoms with Gasteiger partial charge in [-0.05, 0) is 63.3 Å². The summed E-state index contributed by atoms with van der Waals surface area (Å²) >= 11 is 0. The van der Waals surface area contributed by atoms with E-state index in [2.05, 4.69) is 15.2 Å². The van der Waals surface area contributed by atoms with E-state index >= 15 is 0 Å². The molecule has 7 nitrogen and oxygen atoms in total. The van der Waals surface area contributed by atoms with Gasteiger partial charge in [-0.3, -0.25) is 4.79 Å². The Morgan fingerprint density at radius 3 is 2.97 bits per heavy atom. The molecule has 2 aromatic rings. The van der Waals surface area contributed by atoms with Crippen molar-refractivity contribution >= 4 is 17.7 Å². The smallest absolute Gasteiger partial charge is 0.341 e. The molecular formula is C22H29N3O4. The number of carbonyl (C=O) groups excluding carboxylic acids is 2. The SMILES string of the molecule is CCOC(=O)c1cccnc1N1CCCC(CCC(=O)NCc2ccc(C)o2)C1. The largest absolute Gasteiger partial charge is 0.465 e. The van der Waals surface area contributed by atoms with Gasteiger partial charge in [0, 0.05) is 25.7 Å². The average molecular weight is 399 g/mol. The van der Waals surface area contributed by atoms with Gasteiger partial charge in [0.05, 0.1) is 13.2 Å². The summed E-state index contributed by atoms with van der Waals surface area (Å²) in [5.74, 6) is 2.35. The number of anilines is 1. The second kappa shape index (κ2) is 10.1. The van der Waals surface area contributed by atoms with Crippen molar-refractivity contribution in [3.05, 3.63) is 47.5 Å². The van der Waals surface area contributed by atoms with Gasteiger partial charge in [0.15, 0.2) is 0 Å². The fourth-order valence-corrected chi connectivity index (χ4v) is 3.70. The van der Waals surface area contributed by atoms with E-state index in [4.69, 9.17) is 9.15 Å². The average Bonchev–Trinajstić information content (AvgIpc) is 3.16. The summed E-state index contributed by atoms with van der Waals surface area (Å²) in [6.07, 6.45) is 5.07. The maximum atomic E-state index is 12.2. The lowest BCUT2D eigenvalue weighted by Crippen LogP contribution is -2.37. The third-order valence-corrected chi connectivity index (χ3v) is 5.14. The van der Waals surface area contributed by atoms with Crippen molar-refractivity contribution in [1.29, 1.82) is 0 Å². The first-order valence-electron chi connectivity index (χ1n) is 10.3. The molecule has 0 aromatic carbocycles. The number of nitrogens with one attached hydrogen (secondary N) is 1. The zero-order valence-corrected chi connectivity index (χ0v) is 17.1. The number of aryl methyl sites for hydroxylation is 1. The Morgan fingerprint density at radius 2 is 2.21 bits per heavy atom. The minimum Gasteiger partial charge on any atom is -0.465 e. The maximum Gasteiger partial charge on any atom is 0.341 e. The van der Waals surface area contributed by atoms with Crippen molar-refractivity contribution in [2.45, 2.75) is 46.1 Å².